The smallest absolute Gasteiger partial charge is 0.233 e. The topological polar surface area (TPSA) is 98.1 Å². The number of thioether (sulfide) groups is 1. The lowest BCUT2D eigenvalue weighted by Gasteiger charge is -2.23. The highest BCUT2D eigenvalue weighted by atomic mass is 32.2. The molecule has 1 saturated heterocycles. The van der Waals surface area contributed by atoms with Crippen LogP contribution in [0.1, 0.15) is 26.3 Å². The van der Waals surface area contributed by atoms with Crippen molar-refractivity contribution < 1.29 is 13.2 Å². The highest BCUT2D eigenvalue weighted by molar-refractivity contribution is 7.99. The van der Waals surface area contributed by atoms with Crippen molar-refractivity contribution in [3.63, 3.8) is 0 Å². The van der Waals surface area contributed by atoms with E-state index in [9.17, 15) is 13.2 Å². The van der Waals surface area contributed by atoms with Crippen LogP contribution in [-0.2, 0) is 14.6 Å². The van der Waals surface area contributed by atoms with Gasteiger partial charge in [0.2, 0.25) is 11.1 Å². The largest absolute Gasteiger partial charge is 0.341 e. The Morgan fingerprint density at radius 2 is 2.24 bits per heavy atom. The summed E-state index contributed by atoms with van der Waals surface area (Å²) >= 11 is 1.26. The van der Waals surface area contributed by atoms with Crippen molar-refractivity contribution in [2.45, 2.75) is 37.5 Å². The van der Waals surface area contributed by atoms with Crippen molar-refractivity contribution in [3.05, 3.63) is 0 Å². The van der Waals surface area contributed by atoms with Crippen LogP contribution in [0.5, 0.6) is 0 Å². The van der Waals surface area contributed by atoms with Crippen molar-refractivity contribution >= 4 is 27.5 Å². The number of carbonyl (C=O) groups is 1. The second-order valence-electron chi connectivity index (χ2n) is 5.35. The quantitative estimate of drug-likeness (QED) is 0.699. The van der Waals surface area contributed by atoms with Crippen LogP contribution in [0.2, 0.25) is 0 Å². The molecule has 1 amide bonds. The van der Waals surface area contributed by atoms with Crippen LogP contribution in [0.3, 0.4) is 0 Å². The molecule has 0 N–H and O–H groups in total. The molecule has 0 bridgehead atoms. The first-order chi connectivity index (χ1) is 9.80. The second kappa shape index (κ2) is 6.30. The molecule has 10 heteroatoms. The maximum Gasteiger partial charge on any atom is 0.233 e. The first-order valence-corrected chi connectivity index (χ1v) is 9.47. The highest BCUT2D eigenvalue weighted by Gasteiger charge is 2.32. The summed E-state index contributed by atoms with van der Waals surface area (Å²) in [6.45, 7) is 3.91. The zero-order valence-electron chi connectivity index (χ0n) is 12.3. The summed E-state index contributed by atoms with van der Waals surface area (Å²) in [4.78, 5) is 13.7. The van der Waals surface area contributed by atoms with E-state index in [0.29, 0.717) is 11.6 Å². The minimum Gasteiger partial charge on any atom is -0.341 e. The van der Waals surface area contributed by atoms with Crippen molar-refractivity contribution in [1.82, 2.24) is 25.1 Å². The third-order valence-electron chi connectivity index (χ3n) is 3.43. The Bertz CT molecular complexity index is 613. The van der Waals surface area contributed by atoms with Crippen LogP contribution in [0, 0.1) is 0 Å². The minimum absolute atomic E-state index is 0.0592. The number of aromatic nitrogens is 4. The van der Waals surface area contributed by atoms with Gasteiger partial charge in [0, 0.05) is 13.1 Å². The van der Waals surface area contributed by atoms with E-state index in [1.807, 2.05) is 13.8 Å². The van der Waals surface area contributed by atoms with Gasteiger partial charge in [0.05, 0.1) is 23.3 Å². The van der Waals surface area contributed by atoms with Crippen LogP contribution in [0.4, 0.5) is 0 Å². The van der Waals surface area contributed by atoms with E-state index in [1.165, 1.54) is 16.7 Å². The van der Waals surface area contributed by atoms with Gasteiger partial charge in [-0.15, -0.1) is 5.10 Å². The standard InChI is InChI=1S/C11H19N5O3S2/c1-8(2)16-11(12-13-14-16)20-6-10(17)15(3)9-4-5-21(18,19)7-9/h8-9H,4-7H2,1-3H3/t9-/m0/s1. The first-order valence-electron chi connectivity index (χ1n) is 6.67. The molecule has 0 aromatic carbocycles. The molecule has 0 radical (unpaired) electrons. The molecule has 2 heterocycles. The predicted octanol–water partition coefficient (Wildman–Crippen LogP) is -0.00840. The van der Waals surface area contributed by atoms with E-state index in [-0.39, 0.29) is 35.2 Å². The lowest BCUT2D eigenvalue weighted by Crippen LogP contribution is -2.38. The Morgan fingerprint density at radius 3 is 2.81 bits per heavy atom. The molecular weight excluding hydrogens is 314 g/mol. The number of hydrogen-bond donors (Lipinski definition) is 0. The Hall–Kier alpha value is -1.16. The summed E-state index contributed by atoms with van der Waals surface area (Å²) < 4.78 is 24.6. The Balaban J connectivity index is 1.91. The summed E-state index contributed by atoms with van der Waals surface area (Å²) in [5.74, 6) is 0.304. The van der Waals surface area contributed by atoms with Crippen LogP contribution < -0.4 is 0 Å². The highest BCUT2D eigenvalue weighted by Crippen LogP contribution is 2.20. The molecule has 8 nitrogen and oxygen atoms in total. The number of nitrogens with zero attached hydrogens (tertiary/aromatic N) is 5. The fourth-order valence-corrected chi connectivity index (χ4v) is 4.82. The van der Waals surface area contributed by atoms with E-state index >= 15 is 0 Å². The second-order valence-corrected chi connectivity index (χ2v) is 8.52. The minimum atomic E-state index is -2.99. The van der Waals surface area contributed by atoms with E-state index < -0.39 is 9.84 Å². The zero-order valence-corrected chi connectivity index (χ0v) is 13.9. The van der Waals surface area contributed by atoms with Crippen LogP contribution in [0.25, 0.3) is 0 Å². The van der Waals surface area contributed by atoms with E-state index in [4.69, 9.17) is 0 Å². The normalized spacial score (nSPS) is 20.9. The van der Waals surface area contributed by atoms with Gasteiger partial charge in [-0.25, -0.2) is 13.1 Å². The van der Waals surface area contributed by atoms with Gasteiger partial charge >= 0.3 is 0 Å². The average Bonchev–Trinajstić information content (AvgIpc) is 3.01. The Morgan fingerprint density at radius 1 is 1.52 bits per heavy atom. The molecule has 1 atom stereocenters. The zero-order chi connectivity index (χ0) is 15.6. The third-order valence-corrected chi connectivity index (χ3v) is 6.09. The first kappa shape index (κ1) is 16.2. The third kappa shape index (κ3) is 3.94. The van der Waals surface area contributed by atoms with Crippen molar-refractivity contribution in [1.29, 1.82) is 0 Å². The number of hydrogen-bond acceptors (Lipinski definition) is 7. The molecule has 1 aromatic heterocycles. The molecule has 1 fully saturated rings. The molecule has 1 aliphatic heterocycles. The van der Waals surface area contributed by atoms with Crippen LogP contribution in [0.15, 0.2) is 5.16 Å². The molecule has 21 heavy (non-hydrogen) atoms. The van der Waals surface area contributed by atoms with Gasteiger partial charge in [0.25, 0.3) is 0 Å². The molecular formula is C11H19N5O3S2. The SMILES string of the molecule is CC(C)n1nnnc1SCC(=O)N(C)[C@H]1CCS(=O)(=O)C1. The van der Waals surface area contributed by atoms with E-state index in [0.717, 1.165) is 0 Å². The number of amides is 1. The van der Waals surface area contributed by atoms with Gasteiger partial charge in [-0.1, -0.05) is 11.8 Å². The fraction of sp³-hybridized carbons (Fsp3) is 0.818. The van der Waals surface area contributed by atoms with Gasteiger partial charge in [-0.3, -0.25) is 4.79 Å². The molecule has 0 unspecified atom stereocenters. The van der Waals surface area contributed by atoms with Gasteiger partial charge in [0.1, 0.15) is 0 Å². The monoisotopic (exact) mass is 333 g/mol. The number of sulfone groups is 1. The summed E-state index contributed by atoms with van der Waals surface area (Å²) in [6.07, 6.45) is 0.513. The maximum atomic E-state index is 12.1. The Labute approximate surface area is 128 Å². The lowest BCUT2D eigenvalue weighted by molar-refractivity contribution is -0.128. The molecule has 0 saturated carbocycles. The number of carbonyl (C=O) groups excluding carboxylic acids is 1. The molecule has 118 valence electrons. The van der Waals surface area contributed by atoms with Crippen molar-refractivity contribution in [2.24, 2.45) is 0 Å². The summed E-state index contributed by atoms with van der Waals surface area (Å²) in [6, 6.07) is -0.0977. The summed E-state index contributed by atoms with van der Waals surface area (Å²) in [5.41, 5.74) is 0. The summed E-state index contributed by atoms with van der Waals surface area (Å²) in [7, 11) is -1.33. The van der Waals surface area contributed by atoms with Gasteiger partial charge < -0.3 is 4.90 Å². The van der Waals surface area contributed by atoms with Crippen LogP contribution >= 0.6 is 11.8 Å². The molecule has 2 rings (SSSR count). The van der Waals surface area contributed by atoms with E-state index in [1.54, 1.807) is 11.7 Å². The molecule has 1 aliphatic rings. The number of rotatable bonds is 5. The van der Waals surface area contributed by atoms with Gasteiger partial charge in [0.15, 0.2) is 9.84 Å². The van der Waals surface area contributed by atoms with Gasteiger partial charge in [-0.05, 0) is 30.7 Å². The average molecular weight is 333 g/mol. The predicted molar refractivity (Wildman–Crippen MR) is 78.8 cm³/mol. The van der Waals surface area contributed by atoms with Crippen molar-refractivity contribution in [3.8, 4) is 0 Å². The Kier molecular flexibility index (Phi) is 4.87. The molecule has 1 aromatic rings. The van der Waals surface area contributed by atoms with E-state index in [2.05, 4.69) is 15.5 Å². The molecule has 0 aliphatic carbocycles. The lowest BCUT2D eigenvalue weighted by atomic mass is 10.2. The number of tetrazole rings is 1. The summed E-state index contributed by atoms with van der Waals surface area (Å²) in [5, 5.41) is 11.9. The fourth-order valence-electron chi connectivity index (χ4n) is 2.12. The maximum absolute atomic E-state index is 12.1. The van der Waals surface area contributed by atoms with Crippen LogP contribution in [-0.4, -0.2) is 69.8 Å². The van der Waals surface area contributed by atoms with Crippen molar-refractivity contribution in [2.75, 3.05) is 24.3 Å². The van der Waals surface area contributed by atoms with Gasteiger partial charge in [-0.2, -0.15) is 0 Å². The molecule has 0 spiro atoms.